The predicted octanol–water partition coefficient (Wildman–Crippen LogP) is 0.123. The number of fused-ring (bicyclic) bond motifs is 3. The second-order valence-corrected chi connectivity index (χ2v) is 12.6. The minimum absolute atomic E-state index is 0.0207. The van der Waals surface area contributed by atoms with Crippen molar-refractivity contribution in [3.05, 3.63) is 29.8 Å². The van der Waals surface area contributed by atoms with E-state index in [1.54, 1.807) is 23.1 Å². The summed E-state index contributed by atoms with van der Waals surface area (Å²) in [5.41, 5.74) is 7.06. The van der Waals surface area contributed by atoms with Gasteiger partial charge in [-0.2, -0.15) is 5.26 Å². The molecule has 3 aliphatic heterocycles. The summed E-state index contributed by atoms with van der Waals surface area (Å²) in [7, 11) is -0.590. The van der Waals surface area contributed by atoms with Crippen LogP contribution in [0.15, 0.2) is 29.2 Å². The summed E-state index contributed by atoms with van der Waals surface area (Å²) in [5.74, 6) is 0.218. The number of hydrogen-bond donors (Lipinski definition) is 1. The summed E-state index contributed by atoms with van der Waals surface area (Å²) >= 11 is 0. The first kappa shape index (κ1) is 24.2. The van der Waals surface area contributed by atoms with Crippen LogP contribution in [0.4, 0.5) is 0 Å². The van der Waals surface area contributed by atoms with Crippen molar-refractivity contribution in [1.29, 1.82) is 5.26 Å². The third-order valence-corrected chi connectivity index (χ3v) is 9.92. The van der Waals surface area contributed by atoms with Crippen LogP contribution in [0, 0.1) is 17.2 Å². The van der Waals surface area contributed by atoms with Crippen LogP contribution in [-0.4, -0.2) is 96.6 Å². The molecule has 1 aromatic rings. The Morgan fingerprint density at radius 2 is 2.03 bits per heavy atom. The van der Waals surface area contributed by atoms with Gasteiger partial charge in [-0.15, -0.1) is 0 Å². The van der Waals surface area contributed by atoms with Gasteiger partial charge in [0, 0.05) is 39.3 Å². The van der Waals surface area contributed by atoms with Gasteiger partial charge in [-0.1, -0.05) is 12.1 Å². The molecule has 3 saturated heterocycles. The zero-order valence-corrected chi connectivity index (χ0v) is 21.1. The van der Waals surface area contributed by atoms with E-state index >= 15 is 0 Å². The molecular weight excluding hydrogens is 468 g/mol. The SMILES string of the molecule is C[C@H](c1cccc(S(=O)(=O)N(C)C)c1)N1C(=O)[C@H]2CC1CN2C[C@H](N)C(=O)N1[C@H](C#N)C[C@@H]2C[C@@H]21. The van der Waals surface area contributed by atoms with Crippen molar-refractivity contribution in [3.8, 4) is 6.07 Å². The molecule has 3 heterocycles. The summed E-state index contributed by atoms with van der Waals surface area (Å²) < 4.78 is 26.3. The van der Waals surface area contributed by atoms with Crippen LogP contribution < -0.4 is 5.73 Å². The Hall–Kier alpha value is -2.52. The van der Waals surface area contributed by atoms with E-state index in [1.807, 2.05) is 22.8 Å². The molecule has 35 heavy (non-hydrogen) atoms. The fourth-order valence-electron chi connectivity index (χ4n) is 6.12. The van der Waals surface area contributed by atoms with Crippen LogP contribution in [-0.2, 0) is 19.6 Å². The number of rotatable bonds is 7. The largest absolute Gasteiger partial charge is 0.330 e. The van der Waals surface area contributed by atoms with Crippen molar-refractivity contribution in [3.63, 3.8) is 0 Å². The molecular formula is C24H32N6O4S. The second kappa shape index (κ2) is 8.55. The Bertz CT molecular complexity index is 1200. The minimum atomic E-state index is -3.57. The molecule has 7 atom stereocenters. The maximum absolute atomic E-state index is 13.3. The van der Waals surface area contributed by atoms with Gasteiger partial charge in [0.1, 0.15) is 6.04 Å². The van der Waals surface area contributed by atoms with Crippen LogP contribution in [0.3, 0.4) is 0 Å². The molecule has 5 rings (SSSR count). The maximum atomic E-state index is 13.3. The smallest absolute Gasteiger partial charge is 0.242 e. The Kier molecular flexibility index (Phi) is 5.91. The van der Waals surface area contributed by atoms with Gasteiger partial charge in [-0.05, 0) is 49.8 Å². The molecule has 1 unspecified atom stereocenters. The van der Waals surface area contributed by atoms with E-state index in [0.717, 1.165) is 18.4 Å². The summed E-state index contributed by atoms with van der Waals surface area (Å²) in [6.07, 6.45) is 2.35. The monoisotopic (exact) mass is 500 g/mol. The molecule has 2 amide bonds. The molecule has 0 spiro atoms. The molecule has 0 radical (unpaired) electrons. The molecule has 0 aromatic heterocycles. The first-order chi connectivity index (χ1) is 16.5. The number of piperidine rings is 1. The number of nitrogens with zero attached hydrogens (tertiary/aromatic N) is 5. The number of likely N-dealkylation sites (tertiary alicyclic amines) is 3. The van der Waals surface area contributed by atoms with Crippen molar-refractivity contribution in [1.82, 2.24) is 19.0 Å². The number of benzene rings is 1. The first-order valence-electron chi connectivity index (χ1n) is 12.1. The maximum Gasteiger partial charge on any atom is 0.242 e. The lowest BCUT2D eigenvalue weighted by molar-refractivity contribution is -0.141. The average Bonchev–Trinajstić information content (AvgIpc) is 3.15. The fraction of sp³-hybridized carbons (Fsp3) is 0.625. The van der Waals surface area contributed by atoms with E-state index in [4.69, 9.17) is 5.73 Å². The first-order valence-corrected chi connectivity index (χ1v) is 13.5. The zero-order valence-electron chi connectivity index (χ0n) is 20.2. The summed E-state index contributed by atoms with van der Waals surface area (Å²) in [5, 5.41) is 9.39. The van der Waals surface area contributed by atoms with Crippen LogP contribution in [0.5, 0.6) is 0 Å². The lowest BCUT2D eigenvalue weighted by atomic mass is 10.1. The van der Waals surface area contributed by atoms with Crippen molar-refractivity contribution in [2.45, 2.75) is 67.3 Å². The molecule has 1 saturated carbocycles. The van der Waals surface area contributed by atoms with E-state index in [9.17, 15) is 23.3 Å². The molecule has 1 aromatic carbocycles. The lowest BCUT2D eigenvalue weighted by Gasteiger charge is -2.38. The molecule has 2 N–H and O–H groups in total. The van der Waals surface area contributed by atoms with E-state index in [2.05, 4.69) is 6.07 Å². The Labute approximate surface area is 206 Å². The second-order valence-electron chi connectivity index (χ2n) is 10.4. The number of carbonyl (C=O) groups excluding carboxylic acids is 2. The van der Waals surface area contributed by atoms with Gasteiger partial charge in [0.2, 0.25) is 21.8 Å². The van der Waals surface area contributed by atoms with Gasteiger partial charge in [0.25, 0.3) is 0 Å². The van der Waals surface area contributed by atoms with Crippen LogP contribution >= 0.6 is 0 Å². The number of piperazine rings is 1. The Morgan fingerprint density at radius 1 is 1.29 bits per heavy atom. The van der Waals surface area contributed by atoms with E-state index in [0.29, 0.717) is 18.9 Å². The summed E-state index contributed by atoms with van der Waals surface area (Å²) in [6, 6.07) is 7.33. The number of carbonyl (C=O) groups is 2. The third kappa shape index (κ3) is 3.93. The molecule has 1 aliphatic carbocycles. The molecule has 4 aliphatic rings. The minimum Gasteiger partial charge on any atom is -0.330 e. The van der Waals surface area contributed by atoms with Crippen molar-refractivity contribution in [2.75, 3.05) is 27.2 Å². The van der Waals surface area contributed by atoms with E-state index < -0.39 is 22.1 Å². The summed E-state index contributed by atoms with van der Waals surface area (Å²) in [4.78, 5) is 32.1. The number of nitrogens with two attached hydrogens (primary N) is 1. The topological polar surface area (TPSA) is 131 Å². The van der Waals surface area contributed by atoms with Crippen LogP contribution in [0.2, 0.25) is 0 Å². The number of sulfonamides is 1. The van der Waals surface area contributed by atoms with Crippen molar-refractivity contribution < 1.29 is 18.0 Å². The van der Waals surface area contributed by atoms with Gasteiger partial charge in [-0.25, -0.2) is 12.7 Å². The normalized spacial score (nSPS) is 31.5. The molecule has 2 bridgehead atoms. The lowest BCUT2D eigenvalue weighted by Crippen LogP contribution is -2.57. The van der Waals surface area contributed by atoms with Crippen molar-refractivity contribution in [2.24, 2.45) is 11.7 Å². The van der Waals surface area contributed by atoms with E-state index in [-0.39, 0.29) is 47.4 Å². The highest BCUT2D eigenvalue weighted by Crippen LogP contribution is 2.48. The molecule has 188 valence electrons. The predicted molar refractivity (Wildman–Crippen MR) is 127 cm³/mol. The molecule has 11 heteroatoms. The number of nitriles is 1. The highest BCUT2D eigenvalue weighted by Gasteiger charge is 2.56. The average molecular weight is 501 g/mol. The fourth-order valence-corrected chi connectivity index (χ4v) is 7.07. The molecule has 10 nitrogen and oxygen atoms in total. The highest BCUT2D eigenvalue weighted by molar-refractivity contribution is 7.89. The van der Waals surface area contributed by atoms with Gasteiger partial charge in [0.05, 0.1) is 29.1 Å². The van der Waals surface area contributed by atoms with Gasteiger partial charge in [-0.3, -0.25) is 14.5 Å². The van der Waals surface area contributed by atoms with E-state index in [1.165, 1.54) is 18.4 Å². The highest BCUT2D eigenvalue weighted by atomic mass is 32.2. The van der Waals surface area contributed by atoms with Crippen LogP contribution in [0.25, 0.3) is 0 Å². The Morgan fingerprint density at radius 3 is 2.69 bits per heavy atom. The summed E-state index contributed by atoms with van der Waals surface area (Å²) in [6.45, 7) is 2.82. The third-order valence-electron chi connectivity index (χ3n) is 8.11. The standard InChI is InChI=1S/C24H32N6O4S/c1-14(15-5-4-6-19(8-15)35(33,34)27(2)3)29-18-10-22(24(29)32)28(12-18)13-20(26)23(31)30-17(11-25)7-16-9-21(16)30/h4-6,8,14,16-18,20-22H,7,9-10,12-13,26H2,1-3H3/t14-,16-,17+,18?,20+,21+,22-/m1/s1. The zero-order chi connectivity index (χ0) is 25.2. The van der Waals surface area contributed by atoms with Crippen LogP contribution in [0.1, 0.15) is 37.8 Å². The molecule has 4 fully saturated rings. The van der Waals surface area contributed by atoms with Crippen molar-refractivity contribution >= 4 is 21.8 Å². The Balaban J connectivity index is 1.25. The van der Waals surface area contributed by atoms with Gasteiger partial charge >= 0.3 is 0 Å². The van der Waals surface area contributed by atoms with Gasteiger partial charge < -0.3 is 15.5 Å². The number of amides is 2. The number of hydrogen-bond acceptors (Lipinski definition) is 7. The van der Waals surface area contributed by atoms with Gasteiger partial charge in [0.15, 0.2) is 0 Å². The quantitative estimate of drug-likeness (QED) is 0.563.